The Bertz CT molecular complexity index is 753. The first-order valence-electron chi connectivity index (χ1n) is 7.69. The van der Waals surface area contributed by atoms with Crippen LogP contribution in [0, 0.1) is 22.7 Å². The second kappa shape index (κ2) is 7.82. The molecule has 114 valence electrons. The summed E-state index contributed by atoms with van der Waals surface area (Å²) in [7, 11) is 0. The maximum Gasteiger partial charge on any atom is 0.0998 e. The molecule has 0 aliphatic heterocycles. The Morgan fingerprint density at radius 3 is 2.04 bits per heavy atom. The van der Waals surface area contributed by atoms with Gasteiger partial charge in [0.05, 0.1) is 23.3 Å². The van der Waals surface area contributed by atoms with Crippen LogP contribution in [0.1, 0.15) is 30.5 Å². The average molecular weight is 301 g/mol. The highest BCUT2D eigenvalue weighted by Crippen LogP contribution is 2.21. The Morgan fingerprint density at radius 2 is 1.57 bits per heavy atom. The van der Waals surface area contributed by atoms with E-state index in [2.05, 4.69) is 43.0 Å². The van der Waals surface area contributed by atoms with Crippen LogP contribution in [-0.4, -0.2) is 13.1 Å². The smallest absolute Gasteiger partial charge is 0.0998 e. The predicted molar refractivity (Wildman–Crippen MR) is 94.6 cm³/mol. The second-order valence-electron chi connectivity index (χ2n) is 5.12. The fraction of sp³-hybridized carbons (Fsp3) is 0.200. The molecule has 2 aromatic carbocycles. The van der Waals surface area contributed by atoms with Crippen molar-refractivity contribution < 1.29 is 0 Å². The van der Waals surface area contributed by atoms with E-state index in [1.807, 2.05) is 18.2 Å². The van der Waals surface area contributed by atoms with Gasteiger partial charge in [0, 0.05) is 18.8 Å². The molecule has 0 fully saturated rings. The topological polar surface area (TPSA) is 50.8 Å². The number of hydrogen-bond acceptors (Lipinski definition) is 3. The lowest BCUT2D eigenvalue weighted by Crippen LogP contribution is -2.21. The van der Waals surface area contributed by atoms with Gasteiger partial charge in [-0.2, -0.15) is 10.5 Å². The summed E-state index contributed by atoms with van der Waals surface area (Å²) in [5, 5.41) is 18.2. The number of nitriles is 2. The minimum atomic E-state index is 0.588. The van der Waals surface area contributed by atoms with Crippen molar-refractivity contribution in [3.8, 4) is 12.1 Å². The third-order valence-electron chi connectivity index (χ3n) is 3.78. The Balaban J connectivity index is 2.27. The highest BCUT2D eigenvalue weighted by atomic mass is 15.1. The lowest BCUT2D eigenvalue weighted by Gasteiger charge is -2.20. The normalized spacial score (nSPS) is 10.7. The van der Waals surface area contributed by atoms with Crippen LogP contribution >= 0.6 is 0 Å². The van der Waals surface area contributed by atoms with Gasteiger partial charge in [0.25, 0.3) is 0 Å². The molecule has 0 N–H and O–H groups in total. The van der Waals surface area contributed by atoms with Crippen LogP contribution in [0.3, 0.4) is 0 Å². The second-order valence-corrected chi connectivity index (χ2v) is 5.12. The van der Waals surface area contributed by atoms with Gasteiger partial charge in [-0.05, 0) is 55.3 Å². The van der Waals surface area contributed by atoms with Crippen molar-refractivity contribution in [3.05, 3.63) is 65.2 Å². The number of allylic oxidation sites excluding steroid dienone is 1. The zero-order chi connectivity index (χ0) is 16.7. The van der Waals surface area contributed by atoms with Crippen molar-refractivity contribution in [3.63, 3.8) is 0 Å². The molecule has 0 aliphatic carbocycles. The molecule has 23 heavy (non-hydrogen) atoms. The lowest BCUT2D eigenvalue weighted by molar-refractivity contribution is 0.866. The number of hydrogen-bond donors (Lipinski definition) is 0. The molecule has 3 nitrogen and oxygen atoms in total. The van der Waals surface area contributed by atoms with E-state index < -0.39 is 0 Å². The summed E-state index contributed by atoms with van der Waals surface area (Å²) in [6, 6.07) is 19.6. The molecule has 0 bridgehead atoms. The summed E-state index contributed by atoms with van der Waals surface area (Å²) < 4.78 is 0. The molecule has 0 aromatic heterocycles. The average Bonchev–Trinajstić information content (AvgIpc) is 2.62. The van der Waals surface area contributed by atoms with Gasteiger partial charge in [0.15, 0.2) is 0 Å². The van der Waals surface area contributed by atoms with Crippen LogP contribution in [-0.2, 0) is 0 Å². The molecule has 0 atom stereocenters. The largest absolute Gasteiger partial charge is 0.372 e. The highest BCUT2D eigenvalue weighted by Gasteiger charge is 2.03. The third-order valence-corrected chi connectivity index (χ3v) is 3.78. The molecule has 3 heteroatoms. The molecule has 0 saturated carbocycles. The molecule has 2 aromatic rings. The standard InChI is InChI=1S/C20H19N3/c1-3-23(4-2)20-11-7-16(8-12-20)13-19(15-22)18-9-5-17(14-21)6-10-18/h5-13H,3-4H2,1-2H3/b19-13-. The van der Waals surface area contributed by atoms with Crippen molar-refractivity contribution in [1.82, 2.24) is 0 Å². The van der Waals surface area contributed by atoms with E-state index in [4.69, 9.17) is 5.26 Å². The molecule has 0 unspecified atom stereocenters. The Morgan fingerprint density at radius 1 is 0.957 bits per heavy atom. The number of nitrogens with zero attached hydrogens (tertiary/aromatic N) is 3. The first kappa shape index (κ1) is 16.3. The minimum Gasteiger partial charge on any atom is -0.372 e. The summed E-state index contributed by atoms with van der Waals surface area (Å²) in [5.41, 5.74) is 4.17. The van der Waals surface area contributed by atoms with Crippen LogP contribution in [0.25, 0.3) is 11.6 Å². The van der Waals surface area contributed by atoms with Gasteiger partial charge in [0.1, 0.15) is 0 Å². The van der Waals surface area contributed by atoms with E-state index in [1.165, 1.54) is 5.69 Å². The van der Waals surface area contributed by atoms with Gasteiger partial charge in [-0.25, -0.2) is 0 Å². The van der Waals surface area contributed by atoms with Gasteiger partial charge >= 0.3 is 0 Å². The van der Waals surface area contributed by atoms with E-state index in [0.717, 1.165) is 24.2 Å². The van der Waals surface area contributed by atoms with E-state index >= 15 is 0 Å². The third kappa shape index (κ3) is 3.99. The van der Waals surface area contributed by atoms with Crippen LogP contribution in [0.4, 0.5) is 5.69 Å². The van der Waals surface area contributed by atoms with Crippen LogP contribution in [0.2, 0.25) is 0 Å². The van der Waals surface area contributed by atoms with Crippen LogP contribution in [0.5, 0.6) is 0 Å². The Hall–Kier alpha value is -3.04. The number of benzene rings is 2. The van der Waals surface area contributed by atoms with Crippen molar-refractivity contribution >= 4 is 17.3 Å². The maximum atomic E-state index is 9.39. The van der Waals surface area contributed by atoms with Gasteiger partial charge in [0.2, 0.25) is 0 Å². The van der Waals surface area contributed by atoms with Crippen molar-refractivity contribution in [2.24, 2.45) is 0 Å². The van der Waals surface area contributed by atoms with Gasteiger partial charge in [-0.3, -0.25) is 0 Å². The molecule has 0 radical (unpaired) electrons. The Labute approximate surface area is 137 Å². The number of anilines is 1. The maximum absolute atomic E-state index is 9.39. The van der Waals surface area contributed by atoms with E-state index in [-0.39, 0.29) is 0 Å². The Kier molecular flexibility index (Phi) is 5.56. The van der Waals surface area contributed by atoms with E-state index in [0.29, 0.717) is 11.1 Å². The van der Waals surface area contributed by atoms with Crippen LogP contribution in [0.15, 0.2) is 48.5 Å². The first-order valence-corrected chi connectivity index (χ1v) is 7.69. The molecule has 0 aliphatic rings. The summed E-state index contributed by atoms with van der Waals surface area (Å²) in [6.45, 7) is 6.22. The highest BCUT2D eigenvalue weighted by molar-refractivity contribution is 5.89. The summed E-state index contributed by atoms with van der Waals surface area (Å²) in [5.74, 6) is 0. The fourth-order valence-electron chi connectivity index (χ4n) is 2.44. The van der Waals surface area contributed by atoms with Crippen molar-refractivity contribution in [2.45, 2.75) is 13.8 Å². The quantitative estimate of drug-likeness (QED) is 0.605. The minimum absolute atomic E-state index is 0.588. The molecular weight excluding hydrogens is 282 g/mol. The SMILES string of the molecule is CCN(CC)c1ccc(/C=C(/C#N)c2ccc(C#N)cc2)cc1. The summed E-state index contributed by atoms with van der Waals surface area (Å²) >= 11 is 0. The molecule has 0 saturated heterocycles. The summed E-state index contributed by atoms with van der Waals surface area (Å²) in [4.78, 5) is 2.28. The van der Waals surface area contributed by atoms with Gasteiger partial charge in [-0.1, -0.05) is 24.3 Å². The monoisotopic (exact) mass is 301 g/mol. The van der Waals surface area contributed by atoms with Crippen molar-refractivity contribution in [2.75, 3.05) is 18.0 Å². The van der Waals surface area contributed by atoms with E-state index in [9.17, 15) is 5.26 Å². The lowest BCUT2D eigenvalue weighted by atomic mass is 10.0. The predicted octanol–water partition coefficient (Wildman–Crippen LogP) is 4.47. The molecule has 0 spiro atoms. The molecular formula is C20H19N3. The van der Waals surface area contributed by atoms with Gasteiger partial charge in [-0.15, -0.1) is 0 Å². The summed E-state index contributed by atoms with van der Waals surface area (Å²) in [6.07, 6.45) is 1.87. The number of rotatable bonds is 5. The molecule has 0 heterocycles. The van der Waals surface area contributed by atoms with Crippen molar-refractivity contribution in [1.29, 1.82) is 10.5 Å². The molecule has 0 amide bonds. The zero-order valence-corrected chi connectivity index (χ0v) is 13.5. The van der Waals surface area contributed by atoms with Crippen LogP contribution < -0.4 is 4.90 Å². The fourth-order valence-corrected chi connectivity index (χ4v) is 2.44. The zero-order valence-electron chi connectivity index (χ0n) is 13.5. The first-order chi connectivity index (χ1) is 11.2. The van der Waals surface area contributed by atoms with E-state index in [1.54, 1.807) is 24.3 Å². The molecule has 2 rings (SSSR count). The van der Waals surface area contributed by atoms with Gasteiger partial charge < -0.3 is 4.90 Å².